The average Bonchev–Trinajstić information content (AvgIpc) is 3.04. The van der Waals surface area contributed by atoms with Gasteiger partial charge in [-0.05, 0) is 38.3 Å². The predicted molar refractivity (Wildman–Crippen MR) is 89.1 cm³/mol. The molecule has 23 heavy (non-hydrogen) atoms. The van der Waals surface area contributed by atoms with Crippen molar-refractivity contribution in [1.82, 2.24) is 14.9 Å². The van der Waals surface area contributed by atoms with Gasteiger partial charge in [-0.2, -0.15) is 0 Å². The van der Waals surface area contributed by atoms with Crippen molar-refractivity contribution < 1.29 is 9.59 Å². The number of nitrogens with zero attached hydrogens (tertiary/aromatic N) is 3. The topological polar surface area (TPSA) is 63.2 Å². The van der Waals surface area contributed by atoms with Crippen LogP contribution in [0.3, 0.4) is 0 Å². The SMILES string of the molecule is CC(=O)[C@H]1CCCCN1C(=O)Cc1csc(-c2ccccn2)n1. The summed E-state index contributed by atoms with van der Waals surface area (Å²) < 4.78 is 0. The largest absolute Gasteiger partial charge is 0.332 e. The summed E-state index contributed by atoms with van der Waals surface area (Å²) >= 11 is 1.49. The van der Waals surface area contributed by atoms with Crippen LogP contribution in [0.25, 0.3) is 10.7 Å². The Kier molecular flexibility index (Phi) is 4.81. The van der Waals surface area contributed by atoms with Gasteiger partial charge in [-0.25, -0.2) is 4.98 Å². The molecule has 0 saturated carbocycles. The zero-order valence-corrected chi connectivity index (χ0v) is 13.9. The molecule has 1 aliphatic rings. The van der Waals surface area contributed by atoms with Crippen molar-refractivity contribution in [1.29, 1.82) is 0 Å². The number of hydrogen-bond acceptors (Lipinski definition) is 5. The monoisotopic (exact) mass is 329 g/mol. The number of amides is 1. The maximum absolute atomic E-state index is 12.6. The summed E-state index contributed by atoms with van der Waals surface area (Å²) in [4.78, 5) is 34.8. The maximum Gasteiger partial charge on any atom is 0.229 e. The van der Waals surface area contributed by atoms with E-state index in [2.05, 4.69) is 9.97 Å². The van der Waals surface area contributed by atoms with Gasteiger partial charge in [0.05, 0.1) is 23.9 Å². The minimum Gasteiger partial charge on any atom is -0.332 e. The molecule has 0 N–H and O–H groups in total. The summed E-state index contributed by atoms with van der Waals surface area (Å²) in [6.45, 7) is 2.23. The van der Waals surface area contributed by atoms with Crippen molar-refractivity contribution in [2.45, 2.75) is 38.6 Å². The number of rotatable bonds is 4. The molecule has 2 aromatic rings. The quantitative estimate of drug-likeness (QED) is 0.865. The van der Waals surface area contributed by atoms with E-state index in [0.29, 0.717) is 6.54 Å². The molecule has 0 aliphatic carbocycles. The molecule has 3 heterocycles. The van der Waals surface area contributed by atoms with Crippen LogP contribution in [0.4, 0.5) is 0 Å². The zero-order valence-electron chi connectivity index (χ0n) is 13.1. The first-order valence-electron chi connectivity index (χ1n) is 7.81. The molecular weight excluding hydrogens is 310 g/mol. The van der Waals surface area contributed by atoms with Crippen LogP contribution in [0.15, 0.2) is 29.8 Å². The first kappa shape index (κ1) is 15.8. The Morgan fingerprint density at radius 3 is 2.96 bits per heavy atom. The standard InChI is InChI=1S/C17H19N3O2S/c1-12(21)15-7-3-5-9-20(15)16(22)10-13-11-23-17(19-13)14-6-2-4-8-18-14/h2,4,6,8,11,15H,3,5,7,9-10H2,1H3/t15-/m1/s1. The molecule has 1 atom stereocenters. The lowest BCUT2D eigenvalue weighted by atomic mass is 9.98. The van der Waals surface area contributed by atoms with Gasteiger partial charge in [-0.3, -0.25) is 14.6 Å². The minimum absolute atomic E-state index is 0.0113. The summed E-state index contributed by atoms with van der Waals surface area (Å²) in [7, 11) is 0. The second-order valence-corrected chi connectivity index (χ2v) is 6.60. The van der Waals surface area contributed by atoms with E-state index in [1.165, 1.54) is 11.3 Å². The van der Waals surface area contributed by atoms with E-state index in [9.17, 15) is 9.59 Å². The number of hydrogen-bond donors (Lipinski definition) is 0. The van der Waals surface area contributed by atoms with Gasteiger partial charge in [0.25, 0.3) is 0 Å². The van der Waals surface area contributed by atoms with Gasteiger partial charge in [-0.15, -0.1) is 11.3 Å². The van der Waals surface area contributed by atoms with Crippen LogP contribution in [0.5, 0.6) is 0 Å². The van der Waals surface area contributed by atoms with Crippen LogP contribution >= 0.6 is 11.3 Å². The zero-order chi connectivity index (χ0) is 16.2. The Balaban J connectivity index is 1.70. The summed E-state index contributed by atoms with van der Waals surface area (Å²) in [5.74, 6) is 0.0632. The molecule has 1 fully saturated rings. The Bertz CT molecular complexity index is 699. The smallest absolute Gasteiger partial charge is 0.229 e. The van der Waals surface area contributed by atoms with E-state index < -0.39 is 0 Å². The highest BCUT2D eigenvalue weighted by molar-refractivity contribution is 7.13. The molecule has 6 heteroatoms. The van der Waals surface area contributed by atoms with Gasteiger partial charge in [-0.1, -0.05) is 6.07 Å². The molecule has 1 saturated heterocycles. The fourth-order valence-electron chi connectivity index (χ4n) is 2.90. The highest BCUT2D eigenvalue weighted by atomic mass is 32.1. The third kappa shape index (κ3) is 3.64. The number of thiazole rings is 1. The summed E-state index contributed by atoms with van der Waals surface area (Å²) in [5.41, 5.74) is 1.56. The number of aromatic nitrogens is 2. The number of carbonyl (C=O) groups excluding carboxylic acids is 2. The van der Waals surface area contributed by atoms with Crippen LogP contribution < -0.4 is 0 Å². The molecule has 3 rings (SSSR count). The van der Waals surface area contributed by atoms with Crippen molar-refractivity contribution in [3.8, 4) is 10.7 Å². The molecule has 5 nitrogen and oxygen atoms in total. The van der Waals surface area contributed by atoms with Crippen LogP contribution in [0, 0.1) is 0 Å². The van der Waals surface area contributed by atoms with E-state index in [4.69, 9.17) is 0 Å². The number of ketones is 1. The Morgan fingerprint density at radius 1 is 1.35 bits per heavy atom. The fraction of sp³-hybridized carbons (Fsp3) is 0.412. The van der Waals surface area contributed by atoms with Gasteiger partial charge >= 0.3 is 0 Å². The Labute approximate surface area is 139 Å². The predicted octanol–water partition coefficient (Wildman–Crippen LogP) is 2.72. The van der Waals surface area contributed by atoms with Gasteiger partial charge in [0.1, 0.15) is 5.01 Å². The lowest BCUT2D eigenvalue weighted by Gasteiger charge is -2.34. The first-order chi connectivity index (χ1) is 11.1. The number of Topliss-reactive ketones (excluding diaryl/α,β-unsaturated/α-hetero) is 1. The van der Waals surface area contributed by atoms with Gasteiger partial charge in [0.15, 0.2) is 5.78 Å². The molecule has 0 bridgehead atoms. The number of likely N-dealkylation sites (tertiary alicyclic amines) is 1. The number of pyridine rings is 1. The average molecular weight is 329 g/mol. The van der Waals surface area contributed by atoms with Crippen LogP contribution in [-0.2, 0) is 16.0 Å². The van der Waals surface area contributed by atoms with Crippen molar-refractivity contribution in [3.05, 3.63) is 35.5 Å². The van der Waals surface area contributed by atoms with Crippen molar-refractivity contribution in [2.24, 2.45) is 0 Å². The third-order valence-corrected chi connectivity index (χ3v) is 4.97. The van der Waals surface area contributed by atoms with E-state index in [0.717, 1.165) is 35.7 Å². The molecule has 1 amide bonds. The van der Waals surface area contributed by atoms with Crippen molar-refractivity contribution >= 4 is 23.0 Å². The Hall–Kier alpha value is -2.08. The van der Waals surface area contributed by atoms with E-state index >= 15 is 0 Å². The van der Waals surface area contributed by atoms with Crippen LogP contribution in [-0.4, -0.2) is 39.1 Å². The normalized spacial score (nSPS) is 18.0. The fourth-order valence-corrected chi connectivity index (χ4v) is 3.70. The van der Waals surface area contributed by atoms with Crippen LogP contribution in [0.2, 0.25) is 0 Å². The highest BCUT2D eigenvalue weighted by Crippen LogP contribution is 2.23. The lowest BCUT2D eigenvalue weighted by Crippen LogP contribution is -2.47. The minimum atomic E-state index is -0.259. The van der Waals surface area contributed by atoms with Gasteiger partial charge in [0.2, 0.25) is 5.91 Å². The molecule has 0 radical (unpaired) electrons. The molecule has 0 spiro atoms. The summed E-state index contributed by atoms with van der Waals surface area (Å²) in [5, 5.41) is 2.71. The highest BCUT2D eigenvalue weighted by Gasteiger charge is 2.29. The van der Waals surface area contributed by atoms with E-state index in [1.807, 2.05) is 23.6 Å². The maximum atomic E-state index is 12.6. The summed E-state index contributed by atoms with van der Waals surface area (Å²) in [6, 6.07) is 5.42. The molecule has 0 unspecified atom stereocenters. The molecule has 120 valence electrons. The van der Waals surface area contributed by atoms with E-state index in [1.54, 1.807) is 18.0 Å². The second-order valence-electron chi connectivity index (χ2n) is 5.75. The van der Waals surface area contributed by atoms with E-state index in [-0.39, 0.29) is 24.2 Å². The lowest BCUT2D eigenvalue weighted by molar-refractivity contribution is -0.140. The molecule has 1 aliphatic heterocycles. The molecular formula is C17H19N3O2S. The first-order valence-corrected chi connectivity index (χ1v) is 8.69. The third-order valence-electron chi connectivity index (χ3n) is 4.06. The number of piperidine rings is 1. The van der Waals surface area contributed by atoms with Gasteiger partial charge < -0.3 is 4.90 Å². The molecule has 0 aromatic carbocycles. The van der Waals surface area contributed by atoms with Gasteiger partial charge in [0, 0.05) is 18.1 Å². The molecule has 2 aromatic heterocycles. The summed E-state index contributed by atoms with van der Waals surface area (Å²) in [6.07, 6.45) is 4.72. The van der Waals surface area contributed by atoms with Crippen LogP contribution in [0.1, 0.15) is 31.9 Å². The second kappa shape index (κ2) is 7.00. The van der Waals surface area contributed by atoms with Crippen molar-refractivity contribution in [3.63, 3.8) is 0 Å². The Morgan fingerprint density at radius 2 is 2.22 bits per heavy atom. The number of carbonyl (C=O) groups is 2. The van der Waals surface area contributed by atoms with Crippen molar-refractivity contribution in [2.75, 3.05) is 6.54 Å².